The Morgan fingerprint density at radius 1 is 1.17 bits per heavy atom. The summed E-state index contributed by atoms with van der Waals surface area (Å²) in [4.78, 5) is 7.06. The topological polar surface area (TPSA) is 63.9 Å². The van der Waals surface area contributed by atoms with Crippen LogP contribution in [0.25, 0.3) is 0 Å². The second kappa shape index (κ2) is 9.67. The summed E-state index contributed by atoms with van der Waals surface area (Å²) >= 11 is 0. The maximum Gasteiger partial charge on any atom is 0.194 e. The number of fused-ring (bicyclic) bond motifs is 1. The molecule has 2 heterocycles. The zero-order valence-corrected chi connectivity index (χ0v) is 18.3. The molecule has 2 aromatic rings. The fraction of sp³-hybridized carbons (Fsp3) is 0.545. The standard InChI is InChI=1S/C22H33N5O2/c1-6-18-17(19(7-2)27(5)25-18)14-24-22(23-8-3)26(4)15-16-9-10-20-21(13-16)29-12-11-28-20/h9-10,13H,6-8,11-12,14-15H2,1-5H3,(H,23,24). The summed E-state index contributed by atoms with van der Waals surface area (Å²) in [6.45, 7) is 9.80. The molecule has 0 atom stereocenters. The van der Waals surface area contributed by atoms with Gasteiger partial charge in [0.15, 0.2) is 17.5 Å². The minimum atomic E-state index is 0.598. The summed E-state index contributed by atoms with van der Waals surface area (Å²) in [5, 5.41) is 8.07. The van der Waals surface area contributed by atoms with Crippen LogP contribution in [-0.4, -0.2) is 47.4 Å². The van der Waals surface area contributed by atoms with Crippen LogP contribution in [0, 0.1) is 0 Å². The van der Waals surface area contributed by atoms with E-state index in [-0.39, 0.29) is 0 Å². The van der Waals surface area contributed by atoms with Gasteiger partial charge in [-0.25, -0.2) is 4.99 Å². The first kappa shape index (κ1) is 21.0. The fourth-order valence-corrected chi connectivity index (χ4v) is 3.73. The molecule has 0 spiro atoms. The number of hydrogen-bond donors (Lipinski definition) is 1. The van der Waals surface area contributed by atoms with E-state index in [0.717, 1.165) is 54.6 Å². The van der Waals surface area contributed by atoms with Crippen LogP contribution < -0.4 is 14.8 Å². The molecule has 3 rings (SSSR count). The van der Waals surface area contributed by atoms with E-state index in [1.54, 1.807) is 0 Å². The van der Waals surface area contributed by atoms with E-state index in [9.17, 15) is 0 Å². The van der Waals surface area contributed by atoms with Gasteiger partial charge in [0, 0.05) is 38.4 Å². The van der Waals surface area contributed by atoms with Gasteiger partial charge in [-0.1, -0.05) is 19.9 Å². The van der Waals surface area contributed by atoms with Gasteiger partial charge in [0.05, 0.1) is 12.2 Å². The summed E-state index contributed by atoms with van der Waals surface area (Å²) in [6.07, 6.45) is 1.88. The Labute approximate surface area is 173 Å². The van der Waals surface area contributed by atoms with Crippen molar-refractivity contribution in [2.75, 3.05) is 26.8 Å². The van der Waals surface area contributed by atoms with Crippen LogP contribution in [0.15, 0.2) is 23.2 Å². The SMILES string of the molecule is CCNC(=NCc1c(CC)nn(C)c1CC)N(C)Cc1ccc2c(c1)OCCO2. The third-order valence-corrected chi connectivity index (χ3v) is 5.14. The minimum absolute atomic E-state index is 0.598. The molecule has 0 aliphatic carbocycles. The van der Waals surface area contributed by atoms with Crippen LogP contribution in [-0.2, 0) is 33.0 Å². The predicted octanol–water partition coefficient (Wildman–Crippen LogP) is 2.91. The number of guanidine groups is 1. The summed E-state index contributed by atoms with van der Waals surface area (Å²) in [5.74, 6) is 2.52. The van der Waals surface area contributed by atoms with E-state index in [4.69, 9.17) is 14.5 Å². The number of nitrogens with zero attached hydrogens (tertiary/aromatic N) is 4. The Hall–Kier alpha value is -2.70. The van der Waals surface area contributed by atoms with Crippen molar-refractivity contribution < 1.29 is 9.47 Å². The molecule has 1 N–H and O–H groups in total. The summed E-state index contributed by atoms with van der Waals surface area (Å²) in [6, 6.07) is 6.12. The monoisotopic (exact) mass is 399 g/mol. The van der Waals surface area contributed by atoms with Gasteiger partial charge in [0.25, 0.3) is 0 Å². The van der Waals surface area contributed by atoms with Crippen LogP contribution in [0.2, 0.25) is 0 Å². The third-order valence-electron chi connectivity index (χ3n) is 5.14. The van der Waals surface area contributed by atoms with Gasteiger partial charge in [0.2, 0.25) is 0 Å². The molecule has 0 unspecified atom stereocenters. The van der Waals surface area contributed by atoms with E-state index in [1.165, 1.54) is 11.3 Å². The molecule has 0 radical (unpaired) electrons. The highest BCUT2D eigenvalue weighted by Gasteiger charge is 2.16. The highest BCUT2D eigenvalue weighted by Crippen LogP contribution is 2.31. The first-order valence-corrected chi connectivity index (χ1v) is 10.5. The normalized spacial score (nSPS) is 13.5. The molecule has 7 nitrogen and oxygen atoms in total. The minimum Gasteiger partial charge on any atom is -0.486 e. The fourth-order valence-electron chi connectivity index (χ4n) is 3.73. The van der Waals surface area contributed by atoms with E-state index < -0.39 is 0 Å². The molecule has 1 aromatic heterocycles. The molecular weight excluding hydrogens is 366 g/mol. The molecule has 29 heavy (non-hydrogen) atoms. The molecule has 0 bridgehead atoms. The molecule has 1 aliphatic rings. The lowest BCUT2D eigenvalue weighted by Gasteiger charge is -2.24. The van der Waals surface area contributed by atoms with Crippen LogP contribution in [0.1, 0.15) is 43.3 Å². The lowest BCUT2D eigenvalue weighted by Crippen LogP contribution is -2.38. The van der Waals surface area contributed by atoms with Crippen molar-refractivity contribution in [2.24, 2.45) is 12.0 Å². The number of ether oxygens (including phenoxy) is 2. The highest BCUT2D eigenvalue weighted by atomic mass is 16.6. The van der Waals surface area contributed by atoms with E-state index in [0.29, 0.717) is 19.8 Å². The zero-order chi connectivity index (χ0) is 20.8. The van der Waals surface area contributed by atoms with E-state index in [1.807, 2.05) is 17.8 Å². The van der Waals surface area contributed by atoms with Crippen molar-refractivity contribution in [3.8, 4) is 11.5 Å². The average molecular weight is 400 g/mol. The largest absolute Gasteiger partial charge is 0.486 e. The molecule has 0 saturated carbocycles. The van der Waals surface area contributed by atoms with Crippen molar-refractivity contribution in [1.29, 1.82) is 0 Å². The number of aryl methyl sites for hydroxylation is 2. The summed E-state index contributed by atoms with van der Waals surface area (Å²) in [7, 11) is 4.08. The quantitative estimate of drug-likeness (QED) is 0.573. The molecule has 158 valence electrons. The zero-order valence-electron chi connectivity index (χ0n) is 18.3. The number of rotatable bonds is 7. The summed E-state index contributed by atoms with van der Waals surface area (Å²) < 4.78 is 13.3. The Kier molecular flexibility index (Phi) is 7.01. The molecular formula is C22H33N5O2. The van der Waals surface area contributed by atoms with E-state index >= 15 is 0 Å². The van der Waals surface area contributed by atoms with Crippen molar-refractivity contribution >= 4 is 5.96 Å². The molecule has 1 aromatic carbocycles. The predicted molar refractivity (Wildman–Crippen MR) is 116 cm³/mol. The Morgan fingerprint density at radius 2 is 1.93 bits per heavy atom. The summed E-state index contributed by atoms with van der Waals surface area (Å²) in [5.41, 5.74) is 4.81. The van der Waals surface area contributed by atoms with Gasteiger partial charge in [-0.2, -0.15) is 5.10 Å². The van der Waals surface area contributed by atoms with Gasteiger partial charge in [0.1, 0.15) is 13.2 Å². The van der Waals surface area contributed by atoms with E-state index in [2.05, 4.69) is 55.3 Å². The maximum absolute atomic E-state index is 5.71. The van der Waals surface area contributed by atoms with Crippen LogP contribution >= 0.6 is 0 Å². The van der Waals surface area contributed by atoms with Gasteiger partial charge >= 0.3 is 0 Å². The lowest BCUT2D eigenvalue weighted by molar-refractivity contribution is 0.171. The number of benzene rings is 1. The van der Waals surface area contributed by atoms with Gasteiger partial charge in [-0.05, 0) is 37.5 Å². The van der Waals surface area contributed by atoms with Crippen molar-refractivity contribution in [3.05, 3.63) is 40.7 Å². The molecule has 0 amide bonds. The smallest absolute Gasteiger partial charge is 0.194 e. The van der Waals surface area contributed by atoms with Crippen LogP contribution in [0.4, 0.5) is 0 Å². The third kappa shape index (κ3) is 4.83. The van der Waals surface area contributed by atoms with Gasteiger partial charge < -0.3 is 19.7 Å². The lowest BCUT2D eigenvalue weighted by atomic mass is 10.1. The number of aliphatic imine (C=N–C) groups is 1. The van der Waals surface area contributed by atoms with Gasteiger partial charge in [-0.15, -0.1) is 0 Å². The average Bonchev–Trinajstić information content (AvgIpc) is 3.05. The number of hydrogen-bond acceptors (Lipinski definition) is 4. The van der Waals surface area contributed by atoms with Crippen molar-refractivity contribution in [1.82, 2.24) is 20.0 Å². The Morgan fingerprint density at radius 3 is 2.62 bits per heavy atom. The highest BCUT2D eigenvalue weighted by molar-refractivity contribution is 5.79. The molecule has 7 heteroatoms. The molecule has 1 aliphatic heterocycles. The number of aromatic nitrogens is 2. The Bertz CT molecular complexity index is 859. The van der Waals surface area contributed by atoms with Gasteiger partial charge in [-0.3, -0.25) is 4.68 Å². The van der Waals surface area contributed by atoms with Crippen LogP contribution in [0.5, 0.6) is 11.5 Å². The van der Waals surface area contributed by atoms with Crippen molar-refractivity contribution in [2.45, 2.75) is 46.7 Å². The second-order valence-corrected chi connectivity index (χ2v) is 7.21. The number of nitrogens with one attached hydrogen (secondary N) is 1. The van der Waals surface area contributed by atoms with Crippen LogP contribution in [0.3, 0.4) is 0 Å². The maximum atomic E-state index is 5.71. The molecule has 0 fully saturated rings. The first-order chi connectivity index (χ1) is 14.1. The first-order valence-electron chi connectivity index (χ1n) is 10.5. The van der Waals surface area contributed by atoms with Crippen molar-refractivity contribution in [3.63, 3.8) is 0 Å². The second-order valence-electron chi connectivity index (χ2n) is 7.21. The Balaban J connectivity index is 1.77. The molecule has 0 saturated heterocycles.